The zero-order chi connectivity index (χ0) is 20.3. The summed E-state index contributed by atoms with van der Waals surface area (Å²) in [5.74, 6) is 0.408. The number of hydrogen-bond acceptors (Lipinski definition) is 3. The standard InChI is InChI=1S/C22H23ClN2O3/c1-4-11-25-18-13-17(9-10-19(18)28-14-22(2,3)21(25)27)24-20(26)12-15-5-7-16(23)8-6-15/h4-10,13H,1,11-12,14H2,2-3H3,(H,24,26). The van der Waals surface area contributed by atoms with Crippen LogP contribution in [0, 0.1) is 5.41 Å². The maximum atomic E-state index is 12.9. The Bertz CT molecular complexity index is 906. The predicted molar refractivity (Wildman–Crippen MR) is 112 cm³/mol. The van der Waals surface area contributed by atoms with E-state index in [-0.39, 0.29) is 24.8 Å². The van der Waals surface area contributed by atoms with Gasteiger partial charge in [0.05, 0.1) is 17.5 Å². The number of halogens is 1. The zero-order valence-electron chi connectivity index (χ0n) is 16.0. The van der Waals surface area contributed by atoms with Crippen molar-refractivity contribution in [1.82, 2.24) is 0 Å². The van der Waals surface area contributed by atoms with Gasteiger partial charge in [-0.05, 0) is 49.7 Å². The van der Waals surface area contributed by atoms with Crippen LogP contribution in [0.15, 0.2) is 55.1 Å². The third kappa shape index (κ3) is 4.37. The van der Waals surface area contributed by atoms with Crippen LogP contribution >= 0.6 is 11.6 Å². The van der Waals surface area contributed by atoms with E-state index in [0.29, 0.717) is 28.7 Å². The summed E-state index contributed by atoms with van der Waals surface area (Å²) < 4.78 is 5.86. The van der Waals surface area contributed by atoms with Crippen LogP contribution in [0.3, 0.4) is 0 Å². The minimum absolute atomic E-state index is 0.0456. The van der Waals surface area contributed by atoms with Gasteiger partial charge < -0.3 is 15.0 Å². The molecule has 0 unspecified atom stereocenters. The fourth-order valence-electron chi connectivity index (χ4n) is 3.03. The molecule has 0 fully saturated rings. The summed E-state index contributed by atoms with van der Waals surface area (Å²) in [5, 5.41) is 3.51. The van der Waals surface area contributed by atoms with Crippen molar-refractivity contribution in [2.45, 2.75) is 20.3 Å². The summed E-state index contributed by atoms with van der Waals surface area (Å²) in [4.78, 5) is 27.0. The number of hydrogen-bond donors (Lipinski definition) is 1. The van der Waals surface area contributed by atoms with Gasteiger partial charge in [0, 0.05) is 17.3 Å². The van der Waals surface area contributed by atoms with Crippen LogP contribution in [0.25, 0.3) is 0 Å². The number of carbonyl (C=O) groups is 2. The first-order valence-electron chi connectivity index (χ1n) is 9.04. The summed E-state index contributed by atoms with van der Waals surface area (Å²) in [6.45, 7) is 8.11. The number of nitrogens with zero attached hydrogens (tertiary/aromatic N) is 1. The molecule has 0 saturated heterocycles. The number of benzene rings is 2. The third-order valence-corrected chi connectivity index (χ3v) is 4.79. The lowest BCUT2D eigenvalue weighted by Gasteiger charge is -2.27. The van der Waals surface area contributed by atoms with E-state index in [2.05, 4.69) is 11.9 Å². The summed E-state index contributed by atoms with van der Waals surface area (Å²) >= 11 is 5.88. The first-order valence-corrected chi connectivity index (χ1v) is 9.42. The lowest BCUT2D eigenvalue weighted by atomic mass is 9.93. The lowest BCUT2D eigenvalue weighted by Crippen LogP contribution is -2.42. The number of nitrogens with one attached hydrogen (secondary N) is 1. The Morgan fingerprint density at radius 3 is 2.68 bits per heavy atom. The van der Waals surface area contributed by atoms with Gasteiger partial charge in [-0.2, -0.15) is 0 Å². The van der Waals surface area contributed by atoms with Gasteiger partial charge in [-0.3, -0.25) is 9.59 Å². The molecule has 1 aliphatic rings. The molecule has 1 aliphatic heterocycles. The third-order valence-electron chi connectivity index (χ3n) is 4.54. The van der Waals surface area contributed by atoms with Gasteiger partial charge in [0.2, 0.25) is 11.8 Å². The van der Waals surface area contributed by atoms with Crippen molar-refractivity contribution in [1.29, 1.82) is 0 Å². The normalized spacial score (nSPS) is 15.2. The molecule has 1 heterocycles. The molecule has 1 N–H and O–H groups in total. The quantitative estimate of drug-likeness (QED) is 0.756. The molecule has 0 atom stereocenters. The zero-order valence-corrected chi connectivity index (χ0v) is 16.8. The maximum absolute atomic E-state index is 12.9. The molecule has 5 nitrogen and oxygen atoms in total. The molecule has 2 amide bonds. The molecule has 0 spiro atoms. The smallest absolute Gasteiger partial charge is 0.236 e. The van der Waals surface area contributed by atoms with E-state index in [9.17, 15) is 9.59 Å². The molecule has 28 heavy (non-hydrogen) atoms. The number of carbonyl (C=O) groups excluding carboxylic acids is 2. The van der Waals surface area contributed by atoms with E-state index in [4.69, 9.17) is 16.3 Å². The number of ether oxygens (including phenoxy) is 1. The SMILES string of the molecule is C=CCN1C(=O)C(C)(C)COc2ccc(NC(=O)Cc3ccc(Cl)cc3)cc21. The van der Waals surface area contributed by atoms with Gasteiger partial charge in [0.25, 0.3) is 0 Å². The van der Waals surface area contributed by atoms with Crippen molar-refractivity contribution in [2.24, 2.45) is 5.41 Å². The van der Waals surface area contributed by atoms with E-state index >= 15 is 0 Å². The average molecular weight is 399 g/mol. The van der Waals surface area contributed by atoms with Crippen LogP contribution in [0.4, 0.5) is 11.4 Å². The highest BCUT2D eigenvalue weighted by molar-refractivity contribution is 6.30. The van der Waals surface area contributed by atoms with Crippen LogP contribution < -0.4 is 15.0 Å². The average Bonchev–Trinajstić information content (AvgIpc) is 2.74. The van der Waals surface area contributed by atoms with Gasteiger partial charge in [-0.15, -0.1) is 6.58 Å². The summed E-state index contributed by atoms with van der Waals surface area (Å²) in [7, 11) is 0. The number of fused-ring (bicyclic) bond motifs is 1. The molecule has 3 rings (SSSR count). The summed E-state index contributed by atoms with van der Waals surface area (Å²) in [6, 6.07) is 12.5. The minimum Gasteiger partial charge on any atom is -0.490 e. The van der Waals surface area contributed by atoms with Crippen molar-refractivity contribution in [3.05, 3.63) is 65.7 Å². The second kappa shape index (κ2) is 8.07. The van der Waals surface area contributed by atoms with E-state index in [1.54, 1.807) is 41.3 Å². The number of anilines is 2. The van der Waals surface area contributed by atoms with Crippen LogP contribution in [-0.4, -0.2) is 25.0 Å². The fourth-order valence-corrected chi connectivity index (χ4v) is 3.15. The number of amides is 2. The Morgan fingerprint density at radius 1 is 1.29 bits per heavy atom. The largest absolute Gasteiger partial charge is 0.490 e. The van der Waals surface area contributed by atoms with Crippen molar-refractivity contribution in [2.75, 3.05) is 23.4 Å². The van der Waals surface area contributed by atoms with Crippen molar-refractivity contribution in [3.8, 4) is 5.75 Å². The highest BCUT2D eigenvalue weighted by Gasteiger charge is 2.37. The topological polar surface area (TPSA) is 58.6 Å². The lowest BCUT2D eigenvalue weighted by molar-refractivity contribution is -0.127. The van der Waals surface area contributed by atoms with Crippen LogP contribution in [0.5, 0.6) is 5.75 Å². The molecule has 6 heteroatoms. The predicted octanol–water partition coefficient (Wildman–Crippen LogP) is 4.46. The summed E-state index contributed by atoms with van der Waals surface area (Å²) in [5.41, 5.74) is 1.44. The van der Waals surface area contributed by atoms with Crippen LogP contribution in [-0.2, 0) is 16.0 Å². The first-order chi connectivity index (χ1) is 13.3. The van der Waals surface area contributed by atoms with Crippen LogP contribution in [0.1, 0.15) is 19.4 Å². The molecule has 0 radical (unpaired) electrons. The molecule has 0 saturated carbocycles. The molecule has 0 aromatic heterocycles. The molecule has 0 bridgehead atoms. The van der Waals surface area contributed by atoms with Crippen molar-refractivity contribution < 1.29 is 14.3 Å². The first kappa shape index (κ1) is 20.0. The van der Waals surface area contributed by atoms with Crippen molar-refractivity contribution in [3.63, 3.8) is 0 Å². The fraction of sp³-hybridized carbons (Fsp3) is 0.273. The number of rotatable bonds is 5. The van der Waals surface area contributed by atoms with Gasteiger partial charge >= 0.3 is 0 Å². The monoisotopic (exact) mass is 398 g/mol. The van der Waals surface area contributed by atoms with E-state index < -0.39 is 5.41 Å². The molecular weight excluding hydrogens is 376 g/mol. The maximum Gasteiger partial charge on any atom is 0.236 e. The molecule has 0 aliphatic carbocycles. The second-order valence-electron chi connectivity index (χ2n) is 7.41. The Labute approximate surface area is 169 Å². The van der Waals surface area contributed by atoms with E-state index in [1.165, 1.54) is 0 Å². The Kier molecular flexibility index (Phi) is 5.75. The van der Waals surface area contributed by atoms with Gasteiger partial charge in [0.1, 0.15) is 12.4 Å². The van der Waals surface area contributed by atoms with E-state index in [1.807, 2.05) is 26.0 Å². The molecular formula is C22H23ClN2O3. The Hall–Kier alpha value is -2.79. The minimum atomic E-state index is -0.653. The van der Waals surface area contributed by atoms with Gasteiger partial charge in [-0.25, -0.2) is 0 Å². The Morgan fingerprint density at radius 2 is 2.00 bits per heavy atom. The highest BCUT2D eigenvalue weighted by Crippen LogP contribution is 2.38. The van der Waals surface area contributed by atoms with Gasteiger partial charge in [0.15, 0.2) is 0 Å². The Balaban J connectivity index is 1.82. The second-order valence-corrected chi connectivity index (χ2v) is 7.85. The summed E-state index contributed by atoms with van der Waals surface area (Å²) in [6.07, 6.45) is 1.90. The van der Waals surface area contributed by atoms with Crippen molar-refractivity contribution >= 4 is 34.8 Å². The van der Waals surface area contributed by atoms with Gasteiger partial charge in [-0.1, -0.05) is 29.8 Å². The molecule has 2 aromatic carbocycles. The van der Waals surface area contributed by atoms with Crippen LogP contribution in [0.2, 0.25) is 5.02 Å². The molecule has 146 valence electrons. The molecule has 2 aromatic rings. The van der Waals surface area contributed by atoms with E-state index in [0.717, 1.165) is 5.56 Å². The highest BCUT2D eigenvalue weighted by atomic mass is 35.5.